The van der Waals surface area contributed by atoms with Crippen molar-refractivity contribution < 1.29 is 19.6 Å². The van der Waals surface area contributed by atoms with Gasteiger partial charge in [-0.15, -0.1) is 0 Å². The Morgan fingerprint density at radius 3 is 2.51 bits per heavy atom. The Labute approximate surface area is 206 Å². The summed E-state index contributed by atoms with van der Waals surface area (Å²) in [4.78, 5) is 30.7. The molecule has 0 saturated carbocycles. The number of carbonyl (C=O) groups excluding carboxylic acids is 1. The van der Waals surface area contributed by atoms with E-state index in [2.05, 4.69) is 0 Å². The Bertz CT molecular complexity index is 1320. The maximum absolute atomic E-state index is 13.4. The predicted molar refractivity (Wildman–Crippen MR) is 137 cm³/mol. The number of nitrogens with zero attached hydrogens (tertiary/aromatic N) is 3. The number of phenolic OH excluding ortho intramolecular Hbond substituents is 1. The molecule has 3 aromatic carbocycles. The molecule has 35 heavy (non-hydrogen) atoms. The number of hydrogen-bond acceptors (Lipinski definition) is 7. The Morgan fingerprint density at radius 1 is 1.14 bits per heavy atom. The molecule has 1 amide bonds. The van der Waals surface area contributed by atoms with Crippen LogP contribution in [0.15, 0.2) is 76.6 Å². The molecule has 3 aromatic rings. The van der Waals surface area contributed by atoms with Crippen molar-refractivity contribution in [2.75, 3.05) is 13.7 Å². The number of benzene rings is 3. The molecular formula is C26H23N3O5S. The van der Waals surface area contributed by atoms with Crippen LogP contribution in [0.4, 0.5) is 11.4 Å². The highest BCUT2D eigenvalue weighted by Crippen LogP contribution is 2.39. The van der Waals surface area contributed by atoms with Crippen molar-refractivity contribution in [2.45, 2.75) is 13.3 Å². The van der Waals surface area contributed by atoms with Crippen LogP contribution in [0.1, 0.15) is 16.7 Å². The standard InChI is InChI=1S/C26H23N3O5S/c1-17-8-10-20(11-9-17)27-26-28(13-12-18-6-4-3-5-7-18)25(31)23(35-26)16-19-14-21(29(32)33)24(30)22(15-19)34-2/h3-11,14-16,30H,12-13H2,1-2H3/b23-16+,27-26?. The molecule has 0 radical (unpaired) electrons. The number of amidine groups is 1. The maximum atomic E-state index is 13.4. The highest BCUT2D eigenvalue weighted by atomic mass is 32.2. The highest BCUT2D eigenvalue weighted by molar-refractivity contribution is 8.18. The second-order valence-corrected chi connectivity index (χ2v) is 8.89. The number of nitro groups is 1. The van der Waals surface area contributed by atoms with Gasteiger partial charge in [0.1, 0.15) is 0 Å². The lowest BCUT2D eigenvalue weighted by atomic mass is 10.1. The Hall–Kier alpha value is -4.11. The molecule has 178 valence electrons. The molecule has 8 nitrogen and oxygen atoms in total. The average molecular weight is 490 g/mol. The van der Waals surface area contributed by atoms with Gasteiger partial charge in [0.15, 0.2) is 10.9 Å². The lowest BCUT2D eigenvalue weighted by Gasteiger charge is -2.15. The van der Waals surface area contributed by atoms with Crippen LogP contribution in [-0.2, 0) is 11.2 Å². The van der Waals surface area contributed by atoms with Crippen molar-refractivity contribution in [3.8, 4) is 11.5 Å². The van der Waals surface area contributed by atoms with Crippen molar-refractivity contribution in [1.29, 1.82) is 0 Å². The molecule has 4 rings (SSSR count). The molecular weight excluding hydrogens is 466 g/mol. The van der Waals surface area contributed by atoms with Gasteiger partial charge < -0.3 is 9.84 Å². The first-order valence-corrected chi connectivity index (χ1v) is 11.6. The number of aromatic hydroxyl groups is 1. The van der Waals surface area contributed by atoms with Crippen molar-refractivity contribution in [2.24, 2.45) is 4.99 Å². The number of nitro benzene ring substituents is 1. The van der Waals surface area contributed by atoms with Crippen LogP contribution in [-0.4, -0.2) is 39.7 Å². The highest BCUT2D eigenvalue weighted by Gasteiger charge is 2.33. The summed E-state index contributed by atoms with van der Waals surface area (Å²) in [5.74, 6) is -0.848. The van der Waals surface area contributed by atoms with E-state index in [0.29, 0.717) is 28.6 Å². The lowest BCUT2D eigenvalue weighted by Crippen LogP contribution is -2.31. The van der Waals surface area contributed by atoms with Gasteiger partial charge in [0, 0.05) is 12.6 Å². The number of amides is 1. The summed E-state index contributed by atoms with van der Waals surface area (Å²) < 4.78 is 5.08. The fraction of sp³-hybridized carbons (Fsp3) is 0.154. The van der Waals surface area contributed by atoms with Gasteiger partial charge in [0.05, 0.1) is 22.6 Å². The first-order valence-electron chi connectivity index (χ1n) is 10.8. The number of aliphatic imine (C=N–C) groups is 1. The average Bonchev–Trinajstić information content (AvgIpc) is 3.14. The monoisotopic (exact) mass is 489 g/mol. The first-order chi connectivity index (χ1) is 16.9. The number of carbonyl (C=O) groups is 1. The quantitative estimate of drug-likeness (QED) is 0.268. The van der Waals surface area contributed by atoms with E-state index in [1.54, 1.807) is 11.0 Å². The van der Waals surface area contributed by atoms with E-state index < -0.39 is 16.4 Å². The fourth-order valence-electron chi connectivity index (χ4n) is 3.55. The van der Waals surface area contributed by atoms with Crippen LogP contribution in [0.2, 0.25) is 0 Å². The molecule has 0 atom stereocenters. The van der Waals surface area contributed by atoms with Crippen molar-refractivity contribution >= 4 is 40.3 Å². The van der Waals surface area contributed by atoms with Crippen LogP contribution in [0.25, 0.3) is 6.08 Å². The smallest absolute Gasteiger partial charge is 0.315 e. The van der Waals surface area contributed by atoms with Gasteiger partial charge in [-0.05, 0) is 60.5 Å². The zero-order chi connectivity index (χ0) is 24.9. The SMILES string of the molecule is COc1cc(/C=C2/SC(=Nc3ccc(C)cc3)N(CCc3ccccc3)C2=O)cc([N+](=O)[O-])c1O. The van der Waals surface area contributed by atoms with Gasteiger partial charge in [-0.2, -0.15) is 0 Å². The first kappa shape index (κ1) is 24.0. The minimum atomic E-state index is -0.695. The Kier molecular flexibility index (Phi) is 7.17. The van der Waals surface area contributed by atoms with Gasteiger partial charge in [0.2, 0.25) is 5.75 Å². The lowest BCUT2D eigenvalue weighted by molar-refractivity contribution is -0.386. The summed E-state index contributed by atoms with van der Waals surface area (Å²) in [6.45, 7) is 2.42. The topological polar surface area (TPSA) is 105 Å². The molecule has 1 heterocycles. The van der Waals surface area contributed by atoms with E-state index in [-0.39, 0.29) is 11.7 Å². The van der Waals surface area contributed by atoms with E-state index in [4.69, 9.17) is 9.73 Å². The summed E-state index contributed by atoms with van der Waals surface area (Å²) in [5, 5.41) is 21.9. The van der Waals surface area contributed by atoms with Gasteiger partial charge >= 0.3 is 5.69 Å². The van der Waals surface area contributed by atoms with E-state index in [9.17, 15) is 20.0 Å². The molecule has 0 spiro atoms. The van der Waals surface area contributed by atoms with Crippen molar-refractivity contribution in [1.82, 2.24) is 4.90 Å². The van der Waals surface area contributed by atoms with Crippen LogP contribution >= 0.6 is 11.8 Å². The molecule has 1 aliphatic rings. The molecule has 1 fully saturated rings. The number of rotatable bonds is 7. The van der Waals surface area contributed by atoms with E-state index in [1.807, 2.05) is 61.5 Å². The van der Waals surface area contributed by atoms with Crippen LogP contribution in [0.3, 0.4) is 0 Å². The van der Waals surface area contributed by atoms with Crippen molar-refractivity contribution in [3.63, 3.8) is 0 Å². The summed E-state index contributed by atoms with van der Waals surface area (Å²) in [6, 6.07) is 20.2. The van der Waals surface area contributed by atoms with Crippen LogP contribution in [0, 0.1) is 17.0 Å². The maximum Gasteiger partial charge on any atom is 0.315 e. The zero-order valence-electron chi connectivity index (χ0n) is 19.2. The van der Waals surface area contributed by atoms with Crippen molar-refractivity contribution in [3.05, 3.63) is 98.4 Å². The molecule has 9 heteroatoms. The van der Waals surface area contributed by atoms with Crippen LogP contribution in [0.5, 0.6) is 11.5 Å². The van der Waals surface area contributed by atoms with Gasteiger partial charge in [-0.25, -0.2) is 4.99 Å². The largest absolute Gasteiger partial charge is 0.500 e. The summed E-state index contributed by atoms with van der Waals surface area (Å²) in [5.41, 5.74) is 2.78. The summed E-state index contributed by atoms with van der Waals surface area (Å²) in [6.07, 6.45) is 2.20. The molecule has 0 unspecified atom stereocenters. The van der Waals surface area contributed by atoms with Gasteiger partial charge in [-0.1, -0.05) is 48.0 Å². The minimum absolute atomic E-state index is 0.0454. The number of aryl methyl sites for hydroxylation is 1. The van der Waals surface area contributed by atoms with E-state index >= 15 is 0 Å². The molecule has 1 aliphatic heterocycles. The predicted octanol–water partition coefficient (Wildman–Crippen LogP) is 5.46. The third-order valence-electron chi connectivity index (χ3n) is 5.41. The number of hydrogen-bond donors (Lipinski definition) is 1. The molecule has 0 aromatic heterocycles. The summed E-state index contributed by atoms with van der Waals surface area (Å²) >= 11 is 1.20. The number of methoxy groups -OCH3 is 1. The normalized spacial score (nSPS) is 15.7. The van der Waals surface area contributed by atoms with E-state index in [0.717, 1.165) is 16.8 Å². The zero-order valence-corrected chi connectivity index (χ0v) is 20.0. The van der Waals surface area contributed by atoms with Crippen LogP contribution < -0.4 is 4.74 Å². The molecule has 0 aliphatic carbocycles. The minimum Gasteiger partial charge on any atom is -0.500 e. The molecule has 1 N–H and O–H groups in total. The summed E-state index contributed by atoms with van der Waals surface area (Å²) in [7, 11) is 1.31. The number of ether oxygens (including phenoxy) is 1. The Morgan fingerprint density at radius 2 is 1.86 bits per heavy atom. The molecule has 1 saturated heterocycles. The third kappa shape index (κ3) is 5.52. The van der Waals surface area contributed by atoms with Gasteiger partial charge in [-0.3, -0.25) is 19.8 Å². The Balaban J connectivity index is 1.70. The second-order valence-electron chi connectivity index (χ2n) is 7.88. The third-order valence-corrected chi connectivity index (χ3v) is 6.41. The molecule has 0 bridgehead atoms. The van der Waals surface area contributed by atoms with Gasteiger partial charge in [0.25, 0.3) is 5.91 Å². The fourth-order valence-corrected chi connectivity index (χ4v) is 4.57. The van der Waals surface area contributed by atoms with E-state index in [1.165, 1.54) is 31.0 Å². The second kappa shape index (κ2) is 10.4. The number of thioether (sulfide) groups is 1. The number of phenols is 1.